The first-order valence-electron chi connectivity index (χ1n) is 3.72. The molecule has 0 N–H and O–H groups in total. The second kappa shape index (κ2) is 4.08. The Kier molecular flexibility index (Phi) is 3.04. The number of hydrogen-bond acceptors (Lipinski definition) is 4. The van der Waals surface area contributed by atoms with Crippen LogP contribution in [0.4, 0.5) is 0 Å². The summed E-state index contributed by atoms with van der Waals surface area (Å²) in [5.41, 5.74) is 0. The molecular weight excluding hydrogens is 146 g/mol. The predicted molar refractivity (Wildman–Crippen MR) is 37.6 cm³/mol. The highest BCUT2D eigenvalue weighted by atomic mass is 16.7. The van der Waals surface area contributed by atoms with Crippen LogP contribution >= 0.6 is 0 Å². The van der Waals surface area contributed by atoms with Crippen LogP contribution in [-0.4, -0.2) is 30.4 Å². The molecule has 1 rings (SSSR count). The molecule has 4 nitrogen and oxygen atoms in total. The van der Waals surface area contributed by atoms with Crippen molar-refractivity contribution in [3.63, 3.8) is 0 Å². The Bertz CT molecular complexity index is 158. The number of hydrogen-bond donors (Lipinski definition) is 0. The van der Waals surface area contributed by atoms with E-state index in [4.69, 9.17) is 4.84 Å². The van der Waals surface area contributed by atoms with Gasteiger partial charge in [-0.3, -0.25) is 4.79 Å². The molecule has 0 atom stereocenters. The zero-order valence-corrected chi connectivity index (χ0v) is 6.28. The molecule has 0 bridgehead atoms. The topological polar surface area (TPSA) is 46.6 Å². The summed E-state index contributed by atoms with van der Waals surface area (Å²) in [6.07, 6.45) is 2.57. The minimum Gasteiger partial charge on any atom is -0.368 e. The lowest BCUT2D eigenvalue weighted by molar-refractivity contribution is -0.200. The number of rotatable bonds is 3. The van der Waals surface area contributed by atoms with Gasteiger partial charge < -0.3 is 9.63 Å². The van der Waals surface area contributed by atoms with Gasteiger partial charge >= 0.3 is 5.97 Å². The fourth-order valence-electron chi connectivity index (χ4n) is 0.989. The van der Waals surface area contributed by atoms with Crippen molar-refractivity contribution in [3.8, 4) is 0 Å². The normalized spacial score (nSPS) is 19.5. The summed E-state index contributed by atoms with van der Waals surface area (Å²) in [6.45, 7) is 1.27. The van der Waals surface area contributed by atoms with Crippen LogP contribution in [0.3, 0.4) is 0 Å². The van der Waals surface area contributed by atoms with Crippen molar-refractivity contribution in [1.82, 2.24) is 5.06 Å². The summed E-state index contributed by atoms with van der Waals surface area (Å²) in [5.74, 6) is -0.192. The molecule has 0 radical (unpaired) electrons. The summed E-state index contributed by atoms with van der Waals surface area (Å²) in [4.78, 5) is 25.5. The molecule has 1 aliphatic heterocycles. The van der Waals surface area contributed by atoms with Gasteiger partial charge in [0.15, 0.2) is 0 Å². The van der Waals surface area contributed by atoms with Crippen LogP contribution in [0.25, 0.3) is 0 Å². The lowest BCUT2D eigenvalue weighted by Gasteiger charge is -2.23. The van der Waals surface area contributed by atoms with Crippen molar-refractivity contribution in [2.45, 2.75) is 19.3 Å². The maximum atomic E-state index is 10.7. The Morgan fingerprint density at radius 2 is 2.45 bits per heavy atom. The van der Waals surface area contributed by atoms with Crippen LogP contribution < -0.4 is 0 Å². The Morgan fingerprint density at radius 3 is 3.09 bits per heavy atom. The molecule has 0 unspecified atom stereocenters. The van der Waals surface area contributed by atoms with Crippen molar-refractivity contribution >= 4 is 12.3 Å². The van der Waals surface area contributed by atoms with E-state index in [0.717, 1.165) is 19.3 Å². The van der Waals surface area contributed by atoms with E-state index >= 15 is 0 Å². The molecule has 1 heterocycles. The van der Waals surface area contributed by atoms with Gasteiger partial charge in [-0.15, -0.1) is 5.06 Å². The lowest BCUT2D eigenvalue weighted by atomic mass is 10.3. The summed E-state index contributed by atoms with van der Waals surface area (Å²) in [5, 5.41) is 1.54. The minimum absolute atomic E-state index is 0.192. The Hall–Kier alpha value is -0.900. The van der Waals surface area contributed by atoms with Gasteiger partial charge in [-0.2, -0.15) is 0 Å². The van der Waals surface area contributed by atoms with Crippen molar-refractivity contribution in [2.75, 3.05) is 13.1 Å². The molecule has 0 aromatic rings. The Labute approximate surface area is 65.1 Å². The highest BCUT2D eigenvalue weighted by molar-refractivity contribution is 5.69. The molecule has 0 aromatic heterocycles. The van der Waals surface area contributed by atoms with E-state index in [1.807, 2.05) is 0 Å². The molecule has 62 valence electrons. The van der Waals surface area contributed by atoms with Gasteiger partial charge in [0.25, 0.3) is 0 Å². The molecule has 11 heavy (non-hydrogen) atoms. The average molecular weight is 157 g/mol. The standard InChI is InChI=1S/C7H11NO3/c9-6-2-5-8-4-1-3-7(10)11-8/h6H,1-5H2. The van der Waals surface area contributed by atoms with Crippen molar-refractivity contribution in [3.05, 3.63) is 0 Å². The maximum absolute atomic E-state index is 10.7. The van der Waals surface area contributed by atoms with E-state index in [-0.39, 0.29) is 5.97 Å². The maximum Gasteiger partial charge on any atom is 0.325 e. The monoisotopic (exact) mass is 157 g/mol. The van der Waals surface area contributed by atoms with Crippen LogP contribution in [0.5, 0.6) is 0 Å². The zero-order valence-electron chi connectivity index (χ0n) is 6.28. The third-order valence-electron chi connectivity index (χ3n) is 1.52. The van der Waals surface area contributed by atoms with E-state index in [1.54, 1.807) is 5.06 Å². The second-order valence-electron chi connectivity index (χ2n) is 2.45. The molecule has 0 saturated carbocycles. The quantitative estimate of drug-likeness (QED) is 0.546. The van der Waals surface area contributed by atoms with Crippen LogP contribution in [0, 0.1) is 0 Å². The molecule has 0 aliphatic carbocycles. The van der Waals surface area contributed by atoms with Crippen molar-refractivity contribution < 1.29 is 14.4 Å². The summed E-state index contributed by atoms with van der Waals surface area (Å²) in [6, 6.07) is 0. The van der Waals surface area contributed by atoms with E-state index in [2.05, 4.69) is 0 Å². The Balaban J connectivity index is 2.22. The van der Waals surface area contributed by atoms with Gasteiger partial charge in [-0.25, -0.2) is 0 Å². The number of hydroxylamine groups is 2. The highest BCUT2D eigenvalue weighted by Crippen LogP contribution is 2.06. The van der Waals surface area contributed by atoms with E-state index in [9.17, 15) is 9.59 Å². The Morgan fingerprint density at radius 1 is 1.64 bits per heavy atom. The van der Waals surface area contributed by atoms with Gasteiger partial charge in [-0.1, -0.05) is 0 Å². The second-order valence-corrected chi connectivity index (χ2v) is 2.45. The van der Waals surface area contributed by atoms with E-state index in [1.165, 1.54) is 0 Å². The van der Waals surface area contributed by atoms with Crippen LogP contribution in [-0.2, 0) is 14.4 Å². The molecule has 1 aliphatic rings. The smallest absolute Gasteiger partial charge is 0.325 e. The minimum atomic E-state index is -0.192. The lowest BCUT2D eigenvalue weighted by Crippen LogP contribution is -2.34. The molecule has 0 amide bonds. The van der Waals surface area contributed by atoms with Gasteiger partial charge in [0, 0.05) is 25.9 Å². The van der Waals surface area contributed by atoms with Crippen LogP contribution in [0.2, 0.25) is 0 Å². The summed E-state index contributed by atoms with van der Waals surface area (Å²) < 4.78 is 0. The number of carbonyl (C=O) groups excluding carboxylic acids is 2. The first kappa shape index (κ1) is 8.20. The summed E-state index contributed by atoms with van der Waals surface area (Å²) >= 11 is 0. The van der Waals surface area contributed by atoms with Gasteiger partial charge in [0.05, 0.1) is 0 Å². The predicted octanol–water partition coefficient (Wildman–Crippen LogP) is 0.129. The number of aldehydes is 1. The average Bonchev–Trinajstić information content (AvgIpc) is 2.01. The van der Waals surface area contributed by atoms with Crippen molar-refractivity contribution in [1.29, 1.82) is 0 Å². The molecule has 1 saturated heterocycles. The van der Waals surface area contributed by atoms with Gasteiger partial charge in [0.1, 0.15) is 6.29 Å². The zero-order chi connectivity index (χ0) is 8.10. The third-order valence-corrected chi connectivity index (χ3v) is 1.52. The van der Waals surface area contributed by atoms with Gasteiger partial charge in [0.2, 0.25) is 0 Å². The largest absolute Gasteiger partial charge is 0.368 e. The first-order chi connectivity index (χ1) is 5.33. The molecule has 1 fully saturated rings. The number of carbonyl (C=O) groups is 2. The fraction of sp³-hybridized carbons (Fsp3) is 0.714. The molecule has 0 aromatic carbocycles. The van der Waals surface area contributed by atoms with E-state index < -0.39 is 0 Å². The molecule has 0 spiro atoms. The summed E-state index contributed by atoms with van der Waals surface area (Å²) in [7, 11) is 0. The van der Waals surface area contributed by atoms with E-state index in [0.29, 0.717) is 19.4 Å². The fourth-order valence-corrected chi connectivity index (χ4v) is 0.989. The van der Waals surface area contributed by atoms with Crippen LogP contribution in [0.15, 0.2) is 0 Å². The first-order valence-corrected chi connectivity index (χ1v) is 3.72. The number of nitrogens with zero attached hydrogens (tertiary/aromatic N) is 1. The van der Waals surface area contributed by atoms with Crippen molar-refractivity contribution in [2.24, 2.45) is 0 Å². The SMILES string of the molecule is O=CCCN1CCCC(=O)O1. The molecule has 4 heteroatoms. The third kappa shape index (κ3) is 2.67. The highest BCUT2D eigenvalue weighted by Gasteiger charge is 2.16. The van der Waals surface area contributed by atoms with Crippen LogP contribution in [0.1, 0.15) is 19.3 Å². The molecular formula is C7H11NO3. The van der Waals surface area contributed by atoms with Gasteiger partial charge in [-0.05, 0) is 6.42 Å².